The molecule has 0 aliphatic carbocycles. The summed E-state index contributed by atoms with van der Waals surface area (Å²) in [5.41, 5.74) is -0.454. The van der Waals surface area contributed by atoms with E-state index in [0.29, 0.717) is 19.4 Å². The molecule has 1 N–H and O–H groups in total. The largest absolute Gasteiger partial charge is 0.468 e. The second-order valence-electron chi connectivity index (χ2n) is 5.38. The van der Waals surface area contributed by atoms with Crippen molar-refractivity contribution in [1.82, 2.24) is 5.32 Å². The molecule has 2 atom stereocenters. The molecule has 0 amide bonds. The molecule has 0 aromatic carbocycles. The first-order chi connectivity index (χ1) is 7.81. The molecule has 1 aliphatic rings. The molecule has 0 bridgehead atoms. The van der Waals surface area contributed by atoms with Crippen molar-refractivity contribution in [2.24, 2.45) is 5.92 Å². The lowest BCUT2D eigenvalue weighted by Crippen LogP contribution is -2.31. The van der Waals surface area contributed by atoms with Gasteiger partial charge in [0.25, 0.3) is 0 Å². The molecule has 0 aromatic rings. The van der Waals surface area contributed by atoms with Crippen LogP contribution in [0.3, 0.4) is 0 Å². The SMILES string of the molecule is COC(=O)[C@H]1C[C@H](CC(=O)OC(C)(C)C)CN1. The van der Waals surface area contributed by atoms with Crippen LogP contribution in [0, 0.1) is 5.92 Å². The smallest absolute Gasteiger partial charge is 0.322 e. The van der Waals surface area contributed by atoms with Crippen LogP contribution in [0.5, 0.6) is 0 Å². The van der Waals surface area contributed by atoms with Gasteiger partial charge in [-0.3, -0.25) is 9.59 Å². The number of methoxy groups -OCH3 is 1. The zero-order valence-corrected chi connectivity index (χ0v) is 10.9. The van der Waals surface area contributed by atoms with E-state index in [9.17, 15) is 9.59 Å². The van der Waals surface area contributed by atoms with Crippen molar-refractivity contribution in [3.8, 4) is 0 Å². The minimum absolute atomic E-state index is 0.147. The van der Waals surface area contributed by atoms with Crippen LogP contribution in [0.25, 0.3) is 0 Å². The van der Waals surface area contributed by atoms with Crippen molar-refractivity contribution in [3.63, 3.8) is 0 Å². The zero-order valence-electron chi connectivity index (χ0n) is 10.9. The molecule has 0 unspecified atom stereocenters. The van der Waals surface area contributed by atoms with Gasteiger partial charge in [-0.1, -0.05) is 0 Å². The number of carbonyl (C=O) groups is 2. The maximum atomic E-state index is 11.6. The second kappa shape index (κ2) is 5.49. The third kappa shape index (κ3) is 4.73. The number of ether oxygens (including phenoxy) is 2. The lowest BCUT2D eigenvalue weighted by molar-refractivity contribution is -0.156. The molecule has 1 fully saturated rings. The molecule has 5 heteroatoms. The molecular formula is C12H21NO4. The van der Waals surface area contributed by atoms with E-state index >= 15 is 0 Å². The van der Waals surface area contributed by atoms with Gasteiger partial charge < -0.3 is 14.8 Å². The molecule has 0 radical (unpaired) electrons. The Kier molecular flexibility index (Phi) is 4.51. The molecule has 1 aliphatic heterocycles. The number of hydrogen-bond donors (Lipinski definition) is 1. The average molecular weight is 243 g/mol. The van der Waals surface area contributed by atoms with Gasteiger partial charge in [-0.2, -0.15) is 0 Å². The van der Waals surface area contributed by atoms with Gasteiger partial charge in [-0.15, -0.1) is 0 Å². The molecular weight excluding hydrogens is 222 g/mol. The first-order valence-electron chi connectivity index (χ1n) is 5.85. The summed E-state index contributed by atoms with van der Waals surface area (Å²) in [6.07, 6.45) is 0.976. The summed E-state index contributed by atoms with van der Waals surface area (Å²) in [6, 6.07) is -0.285. The predicted molar refractivity (Wildman–Crippen MR) is 62.4 cm³/mol. The topological polar surface area (TPSA) is 64.6 Å². The van der Waals surface area contributed by atoms with E-state index in [1.807, 2.05) is 20.8 Å². The van der Waals surface area contributed by atoms with E-state index in [-0.39, 0.29) is 23.9 Å². The van der Waals surface area contributed by atoms with Gasteiger partial charge >= 0.3 is 11.9 Å². The van der Waals surface area contributed by atoms with E-state index in [0.717, 1.165) is 0 Å². The fourth-order valence-corrected chi connectivity index (χ4v) is 1.91. The summed E-state index contributed by atoms with van der Waals surface area (Å²) < 4.78 is 9.89. The van der Waals surface area contributed by atoms with E-state index < -0.39 is 5.60 Å². The lowest BCUT2D eigenvalue weighted by atomic mass is 10.0. The van der Waals surface area contributed by atoms with Gasteiger partial charge in [0.15, 0.2) is 0 Å². The maximum absolute atomic E-state index is 11.6. The molecule has 1 saturated heterocycles. The van der Waals surface area contributed by atoms with Crippen molar-refractivity contribution < 1.29 is 19.1 Å². The van der Waals surface area contributed by atoms with E-state index in [1.165, 1.54) is 7.11 Å². The van der Waals surface area contributed by atoms with Crippen molar-refractivity contribution in [2.75, 3.05) is 13.7 Å². The Labute approximate surface area is 102 Å². The lowest BCUT2D eigenvalue weighted by Gasteiger charge is -2.20. The highest BCUT2D eigenvalue weighted by Crippen LogP contribution is 2.20. The Morgan fingerprint density at radius 2 is 2.00 bits per heavy atom. The molecule has 1 heterocycles. The number of hydrogen-bond acceptors (Lipinski definition) is 5. The second-order valence-corrected chi connectivity index (χ2v) is 5.38. The van der Waals surface area contributed by atoms with Gasteiger partial charge in [0.05, 0.1) is 7.11 Å². The van der Waals surface area contributed by atoms with Crippen molar-refractivity contribution in [3.05, 3.63) is 0 Å². The molecule has 5 nitrogen and oxygen atoms in total. The summed E-state index contributed by atoms with van der Waals surface area (Å²) >= 11 is 0. The molecule has 98 valence electrons. The number of rotatable bonds is 3. The van der Waals surface area contributed by atoms with Crippen molar-refractivity contribution in [2.45, 2.75) is 45.3 Å². The minimum atomic E-state index is -0.454. The van der Waals surface area contributed by atoms with Gasteiger partial charge in [0.2, 0.25) is 0 Å². The summed E-state index contributed by atoms with van der Waals surface area (Å²) in [4.78, 5) is 22.9. The number of carbonyl (C=O) groups excluding carboxylic acids is 2. The van der Waals surface area contributed by atoms with Gasteiger partial charge in [0.1, 0.15) is 11.6 Å². The first kappa shape index (κ1) is 14.0. The maximum Gasteiger partial charge on any atom is 0.322 e. The Morgan fingerprint density at radius 3 is 2.53 bits per heavy atom. The first-order valence-corrected chi connectivity index (χ1v) is 5.85. The predicted octanol–water partition coefficient (Wildman–Crippen LogP) is 0.869. The highest BCUT2D eigenvalue weighted by Gasteiger charge is 2.32. The Bertz CT molecular complexity index is 295. The fraction of sp³-hybridized carbons (Fsp3) is 0.833. The van der Waals surface area contributed by atoms with E-state index in [1.54, 1.807) is 0 Å². The number of esters is 2. The molecule has 0 saturated carbocycles. The summed E-state index contributed by atoms with van der Waals surface area (Å²) in [5.74, 6) is -0.333. The average Bonchev–Trinajstić information content (AvgIpc) is 2.62. The van der Waals surface area contributed by atoms with E-state index in [4.69, 9.17) is 4.74 Å². The van der Waals surface area contributed by atoms with Crippen LogP contribution in [0.15, 0.2) is 0 Å². The Balaban J connectivity index is 2.35. The van der Waals surface area contributed by atoms with Crippen LogP contribution < -0.4 is 5.32 Å². The van der Waals surface area contributed by atoms with Gasteiger partial charge in [-0.05, 0) is 39.7 Å². The van der Waals surface area contributed by atoms with Gasteiger partial charge in [0, 0.05) is 6.42 Å². The summed E-state index contributed by atoms with van der Waals surface area (Å²) in [6.45, 7) is 6.18. The van der Waals surface area contributed by atoms with Crippen LogP contribution in [0.1, 0.15) is 33.6 Å². The Morgan fingerprint density at radius 1 is 1.35 bits per heavy atom. The Hall–Kier alpha value is -1.10. The fourth-order valence-electron chi connectivity index (χ4n) is 1.91. The quantitative estimate of drug-likeness (QED) is 0.745. The highest BCUT2D eigenvalue weighted by atomic mass is 16.6. The van der Waals surface area contributed by atoms with E-state index in [2.05, 4.69) is 10.1 Å². The van der Waals surface area contributed by atoms with Crippen LogP contribution in [0.2, 0.25) is 0 Å². The third-order valence-corrected chi connectivity index (χ3v) is 2.58. The minimum Gasteiger partial charge on any atom is -0.468 e. The van der Waals surface area contributed by atoms with Gasteiger partial charge in [-0.25, -0.2) is 0 Å². The van der Waals surface area contributed by atoms with Crippen LogP contribution >= 0.6 is 0 Å². The normalized spacial score (nSPS) is 24.5. The van der Waals surface area contributed by atoms with Crippen LogP contribution in [-0.4, -0.2) is 37.2 Å². The van der Waals surface area contributed by atoms with Crippen molar-refractivity contribution in [1.29, 1.82) is 0 Å². The van der Waals surface area contributed by atoms with Crippen LogP contribution in [-0.2, 0) is 19.1 Å². The number of nitrogens with one attached hydrogen (secondary N) is 1. The molecule has 17 heavy (non-hydrogen) atoms. The standard InChI is InChI=1S/C12H21NO4/c1-12(2,3)17-10(14)6-8-5-9(13-7-8)11(15)16-4/h8-9,13H,5-7H2,1-4H3/t8-,9-/m1/s1. The molecule has 0 aromatic heterocycles. The summed E-state index contributed by atoms with van der Waals surface area (Å²) in [5, 5.41) is 3.04. The highest BCUT2D eigenvalue weighted by molar-refractivity contribution is 5.76. The monoisotopic (exact) mass is 243 g/mol. The summed E-state index contributed by atoms with van der Waals surface area (Å²) in [7, 11) is 1.37. The molecule has 1 rings (SSSR count). The molecule has 0 spiro atoms. The third-order valence-electron chi connectivity index (χ3n) is 2.58. The zero-order chi connectivity index (χ0) is 13.1. The van der Waals surface area contributed by atoms with Crippen LogP contribution in [0.4, 0.5) is 0 Å². The van der Waals surface area contributed by atoms with Crippen molar-refractivity contribution >= 4 is 11.9 Å².